The molecule has 1 saturated heterocycles. The second kappa shape index (κ2) is 4.09. The molecular weight excluding hydrogens is 176 g/mol. The summed E-state index contributed by atoms with van der Waals surface area (Å²) in [6.07, 6.45) is 3.31. The molecule has 4 nitrogen and oxygen atoms in total. The third-order valence-corrected chi connectivity index (χ3v) is 2.86. The van der Waals surface area contributed by atoms with Gasteiger partial charge in [0.1, 0.15) is 5.82 Å². The van der Waals surface area contributed by atoms with E-state index in [0.29, 0.717) is 5.92 Å². The molecule has 14 heavy (non-hydrogen) atoms. The lowest BCUT2D eigenvalue weighted by Crippen LogP contribution is -2.27. The molecule has 0 amide bonds. The maximum Gasteiger partial charge on any atom is 0.150 e. The Morgan fingerprint density at radius 1 is 1.43 bits per heavy atom. The number of piperidine rings is 1. The summed E-state index contributed by atoms with van der Waals surface area (Å²) >= 11 is 0. The molecule has 0 spiro atoms. The molecular formula is C10H18N4. The lowest BCUT2D eigenvalue weighted by Gasteiger charge is -2.21. The predicted octanol–water partition coefficient (Wildman–Crippen LogP) is 0.844. The van der Waals surface area contributed by atoms with Crippen molar-refractivity contribution in [3.8, 4) is 0 Å². The minimum absolute atomic E-state index is 0.606. The Morgan fingerprint density at radius 3 is 2.71 bits per heavy atom. The topological polar surface area (TPSA) is 42.7 Å². The number of hydrogen-bond donors (Lipinski definition) is 1. The number of rotatable bonds is 2. The lowest BCUT2D eigenvalue weighted by atomic mass is 9.97. The van der Waals surface area contributed by atoms with E-state index in [0.717, 1.165) is 25.3 Å². The van der Waals surface area contributed by atoms with E-state index in [1.54, 1.807) is 0 Å². The maximum atomic E-state index is 4.58. The Morgan fingerprint density at radius 2 is 2.14 bits per heavy atom. The number of hydrogen-bond acceptors (Lipinski definition) is 3. The normalized spacial score (nSPS) is 18.7. The first-order chi connectivity index (χ1) is 6.81. The Hall–Kier alpha value is -0.900. The zero-order chi connectivity index (χ0) is 9.97. The van der Waals surface area contributed by atoms with Gasteiger partial charge in [-0.3, -0.25) is 4.68 Å². The number of nitrogens with zero attached hydrogens (tertiary/aromatic N) is 3. The van der Waals surface area contributed by atoms with Crippen molar-refractivity contribution in [1.82, 2.24) is 20.1 Å². The monoisotopic (exact) mass is 194 g/mol. The van der Waals surface area contributed by atoms with Gasteiger partial charge < -0.3 is 5.32 Å². The molecule has 0 bridgehead atoms. The second-order valence-corrected chi connectivity index (χ2v) is 3.89. The number of nitrogens with one attached hydrogen (secondary N) is 1. The van der Waals surface area contributed by atoms with Crippen molar-refractivity contribution in [2.75, 3.05) is 13.1 Å². The van der Waals surface area contributed by atoms with Gasteiger partial charge in [-0.25, -0.2) is 4.98 Å². The first-order valence-electron chi connectivity index (χ1n) is 5.41. The maximum absolute atomic E-state index is 4.58. The van der Waals surface area contributed by atoms with Crippen molar-refractivity contribution in [1.29, 1.82) is 0 Å². The van der Waals surface area contributed by atoms with Gasteiger partial charge in [-0.15, -0.1) is 0 Å². The Balaban J connectivity index is 2.17. The number of aryl methyl sites for hydroxylation is 2. The van der Waals surface area contributed by atoms with Crippen LogP contribution in [-0.2, 0) is 13.5 Å². The van der Waals surface area contributed by atoms with Crippen LogP contribution in [0.3, 0.4) is 0 Å². The van der Waals surface area contributed by atoms with E-state index in [2.05, 4.69) is 22.3 Å². The van der Waals surface area contributed by atoms with Crippen LogP contribution < -0.4 is 5.32 Å². The van der Waals surface area contributed by atoms with Crippen molar-refractivity contribution in [3.63, 3.8) is 0 Å². The van der Waals surface area contributed by atoms with Gasteiger partial charge >= 0.3 is 0 Å². The summed E-state index contributed by atoms with van der Waals surface area (Å²) < 4.78 is 1.95. The first-order valence-corrected chi connectivity index (χ1v) is 5.41. The summed E-state index contributed by atoms with van der Waals surface area (Å²) in [4.78, 5) is 4.58. The zero-order valence-corrected chi connectivity index (χ0v) is 8.95. The summed E-state index contributed by atoms with van der Waals surface area (Å²) in [5.74, 6) is 2.75. The van der Waals surface area contributed by atoms with Crippen LogP contribution >= 0.6 is 0 Å². The molecule has 1 aromatic rings. The van der Waals surface area contributed by atoms with Crippen LogP contribution in [0.1, 0.15) is 37.3 Å². The van der Waals surface area contributed by atoms with Crippen molar-refractivity contribution >= 4 is 0 Å². The smallest absolute Gasteiger partial charge is 0.150 e. The molecule has 0 radical (unpaired) electrons. The fourth-order valence-electron chi connectivity index (χ4n) is 2.04. The van der Waals surface area contributed by atoms with Crippen LogP contribution in [0.5, 0.6) is 0 Å². The molecule has 0 aromatic carbocycles. The molecule has 2 rings (SSSR count). The predicted molar refractivity (Wildman–Crippen MR) is 55.2 cm³/mol. The summed E-state index contributed by atoms with van der Waals surface area (Å²) in [6.45, 7) is 4.32. The highest BCUT2D eigenvalue weighted by Gasteiger charge is 2.20. The molecule has 4 heteroatoms. The van der Waals surface area contributed by atoms with E-state index in [1.165, 1.54) is 18.7 Å². The van der Waals surface area contributed by atoms with Gasteiger partial charge in [-0.2, -0.15) is 5.10 Å². The third-order valence-electron chi connectivity index (χ3n) is 2.86. The highest BCUT2D eigenvalue weighted by Crippen LogP contribution is 2.22. The molecule has 1 aliphatic heterocycles. The molecule has 0 aliphatic carbocycles. The van der Waals surface area contributed by atoms with E-state index in [9.17, 15) is 0 Å². The van der Waals surface area contributed by atoms with Crippen LogP contribution in [0.4, 0.5) is 0 Å². The lowest BCUT2D eigenvalue weighted by molar-refractivity contribution is 0.432. The van der Waals surface area contributed by atoms with Gasteiger partial charge in [-0.05, 0) is 25.9 Å². The molecule has 1 aromatic heterocycles. The fourth-order valence-corrected chi connectivity index (χ4v) is 2.04. The second-order valence-electron chi connectivity index (χ2n) is 3.89. The van der Waals surface area contributed by atoms with E-state index in [1.807, 2.05) is 11.7 Å². The van der Waals surface area contributed by atoms with Gasteiger partial charge in [0.2, 0.25) is 0 Å². The minimum atomic E-state index is 0.606. The summed E-state index contributed by atoms with van der Waals surface area (Å²) in [5, 5.41) is 7.76. The fraction of sp³-hybridized carbons (Fsp3) is 0.800. The van der Waals surface area contributed by atoms with Gasteiger partial charge in [0, 0.05) is 19.4 Å². The van der Waals surface area contributed by atoms with Crippen LogP contribution in [0, 0.1) is 0 Å². The van der Waals surface area contributed by atoms with Crippen LogP contribution in [0.15, 0.2) is 0 Å². The first kappa shape index (κ1) is 9.65. The molecule has 0 saturated carbocycles. The highest BCUT2D eigenvalue weighted by molar-refractivity contribution is 5.01. The van der Waals surface area contributed by atoms with Crippen LogP contribution in [0.2, 0.25) is 0 Å². The van der Waals surface area contributed by atoms with E-state index in [4.69, 9.17) is 0 Å². The average molecular weight is 194 g/mol. The minimum Gasteiger partial charge on any atom is -0.317 e. The molecule has 78 valence electrons. The molecule has 1 aliphatic rings. The van der Waals surface area contributed by atoms with Gasteiger partial charge in [0.05, 0.1) is 0 Å². The van der Waals surface area contributed by atoms with Crippen molar-refractivity contribution < 1.29 is 0 Å². The van der Waals surface area contributed by atoms with Gasteiger partial charge in [-0.1, -0.05) is 6.92 Å². The highest BCUT2D eigenvalue weighted by atomic mass is 15.3. The summed E-state index contributed by atoms with van der Waals surface area (Å²) in [7, 11) is 2.00. The molecule has 0 unspecified atom stereocenters. The molecule has 0 atom stereocenters. The molecule has 2 heterocycles. The SMILES string of the molecule is CCc1nc(C2CCNCC2)n(C)n1. The largest absolute Gasteiger partial charge is 0.317 e. The van der Waals surface area contributed by atoms with E-state index >= 15 is 0 Å². The van der Waals surface area contributed by atoms with Gasteiger partial charge in [0.15, 0.2) is 5.82 Å². The van der Waals surface area contributed by atoms with Crippen LogP contribution in [0.25, 0.3) is 0 Å². The average Bonchev–Trinajstić information content (AvgIpc) is 2.61. The van der Waals surface area contributed by atoms with E-state index < -0.39 is 0 Å². The Bertz CT molecular complexity index is 299. The molecule has 1 fully saturated rings. The summed E-state index contributed by atoms with van der Waals surface area (Å²) in [6, 6.07) is 0. The van der Waals surface area contributed by atoms with E-state index in [-0.39, 0.29) is 0 Å². The zero-order valence-electron chi connectivity index (χ0n) is 8.95. The van der Waals surface area contributed by atoms with Crippen molar-refractivity contribution in [2.24, 2.45) is 7.05 Å². The van der Waals surface area contributed by atoms with Gasteiger partial charge in [0.25, 0.3) is 0 Å². The third kappa shape index (κ3) is 1.80. The van der Waals surface area contributed by atoms with Crippen LogP contribution in [-0.4, -0.2) is 27.9 Å². The van der Waals surface area contributed by atoms with Crippen molar-refractivity contribution in [2.45, 2.75) is 32.1 Å². The quantitative estimate of drug-likeness (QED) is 0.759. The Labute approximate surface area is 84.7 Å². The summed E-state index contributed by atoms with van der Waals surface area (Å²) in [5.41, 5.74) is 0. The Kier molecular flexibility index (Phi) is 2.82. The molecule has 1 N–H and O–H groups in total. The number of aromatic nitrogens is 3. The van der Waals surface area contributed by atoms with Crippen molar-refractivity contribution in [3.05, 3.63) is 11.6 Å². The standard InChI is InChI=1S/C10H18N4/c1-3-9-12-10(14(2)13-9)8-4-6-11-7-5-8/h8,11H,3-7H2,1-2H3.